The summed E-state index contributed by atoms with van der Waals surface area (Å²) in [6.45, 7) is 2.33. The third-order valence-electron chi connectivity index (χ3n) is 2.26. The van der Waals surface area contributed by atoms with Crippen molar-refractivity contribution in [1.82, 2.24) is 4.90 Å². The van der Waals surface area contributed by atoms with E-state index >= 15 is 0 Å². The van der Waals surface area contributed by atoms with Crippen molar-refractivity contribution in [3.63, 3.8) is 0 Å². The molecule has 0 aliphatic heterocycles. The van der Waals surface area contributed by atoms with E-state index in [9.17, 15) is 9.59 Å². The van der Waals surface area contributed by atoms with Crippen LogP contribution in [0.2, 0.25) is 0 Å². The number of rotatable bonds is 7. The average Bonchev–Trinajstić information content (AvgIpc) is 2.40. The molecule has 0 spiro atoms. The van der Waals surface area contributed by atoms with E-state index in [1.807, 2.05) is 19.1 Å². The maximum Gasteiger partial charge on any atom is 0.412 e. The Morgan fingerprint density at radius 2 is 1.83 bits per heavy atom. The summed E-state index contributed by atoms with van der Waals surface area (Å²) in [7, 11) is 3.82. The predicted molar refractivity (Wildman–Crippen MR) is 66.0 cm³/mol. The van der Waals surface area contributed by atoms with Crippen molar-refractivity contribution in [2.45, 2.75) is 26.0 Å². The monoisotopic (exact) mass is 259 g/mol. The number of esters is 1. The minimum atomic E-state index is -1.09. The lowest BCUT2D eigenvalue weighted by molar-refractivity contribution is -0.162. The van der Waals surface area contributed by atoms with Gasteiger partial charge in [-0.1, -0.05) is 19.1 Å². The second-order valence-corrected chi connectivity index (χ2v) is 3.44. The summed E-state index contributed by atoms with van der Waals surface area (Å²) in [4.78, 5) is 24.3. The zero-order valence-electron chi connectivity index (χ0n) is 11.3. The van der Waals surface area contributed by atoms with Crippen LogP contribution in [-0.2, 0) is 19.0 Å². The lowest BCUT2D eigenvalue weighted by Crippen LogP contribution is -2.47. The van der Waals surface area contributed by atoms with Gasteiger partial charge in [-0.2, -0.15) is 0 Å². The zero-order chi connectivity index (χ0) is 14.0. The molecule has 6 heteroatoms. The average molecular weight is 259 g/mol. The number of carbonyl (C=O) groups excluding carboxylic acids is 2. The fourth-order valence-electron chi connectivity index (χ4n) is 1.37. The zero-order valence-corrected chi connectivity index (χ0v) is 11.3. The van der Waals surface area contributed by atoms with Gasteiger partial charge in [-0.05, 0) is 12.8 Å². The number of carbonyl (C=O) groups is 2. The number of allylic oxidation sites excluding steroid dienone is 1. The van der Waals surface area contributed by atoms with E-state index in [0.29, 0.717) is 13.0 Å². The summed E-state index contributed by atoms with van der Waals surface area (Å²) in [6, 6.07) is 0. The Morgan fingerprint density at radius 3 is 2.28 bits per heavy atom. The SMILES string of the molecule is CC/C=C/CCN(C(=O)OC)C(OC)C(=O)OC. The first-order valence-electron chi connectivity index (χ1n) is 5.72. The maximum absolute atomic E-state index is 11.6. The molecule has 104 valence electrons. The molecule has 0 heterocycles. The van der Waals surface area contributed by atoms with E-state index in [-0.39, 0.29) is 0 Å². The highest BCUT2D eigenvalue weighted by atomic mass is 16.6. The minimum absolute atomic E-state index is 0.316. The van der Waals surface area contributed by atoms with E-state index in [2.05, 4.69) is 9.47 Å². The molecule has 0 radical (unpaired) electrons. The molecule has 0 N–H and O–H groups in total. The van der Waals surface area contributed by atoms with Crippen LogP contribution in [0.3, 0.4) is 0 Å². The molecule has 0 aliphatic rings. The Hall–Kier alpha value is -1.56. The molecule has 0 fully saturated rings. The van der Waals surface area contributed by atoms with Crippen LogP contribution in [0, 0.1) is 0 Å². The first-order valence-corrected chi connectivity index (χ1v) is 5.72. The van der Waals surface area contributed by atoms with E-state index in [1.165, 1.54) is 26.2 Å². The summed E-state index contributed by atoms with van der Waals surface area (Å²) < 4.78 is 14.2. The topological polar surface area (TPSA) is 65.1 Å². The van der Waals surface area contributed by atoms with Crippen molar-refractivity contribution < 1.29 is 23.8 Å². The van der Waals surface area contributed by atoms with Crippen LogP contribution in [-0.4, -0.2) is 51.1 Å². The molecule has 0 aromatic heterocycles. The van der Waals surface area contributed by atoms with Gasteiger partial charge < -0.3 is 14.2 Å². The second-order valence-electron chi connectivity index (χ2n) is 3.44. The lowest BCUT2D eigenvalue weighted by Gasteiger charge is -2.26. The molecule has 0 aromatic carbocycles. The van der Waals surface area contributed by atoms with E-state index in [0.717, 1.165) is 6.42 Å². The van der Waals surface area contributed by atoms with Gasteiger partial charge in [-0.3, -0.25) is 4.90 Å². The van der Waals surface area contributed by atoms with Gasteiger partial charge in [-0.15, -0.1) is 0 Å². The molecule has 1 atom stereocenters. The minimum Gasteiger partial charge on any atom is -0.466 e. The smallest absolute Gasteiger partial charge is 0.412 e. The Labute approximate surface area is 107 Å². The molecule has 0 saturated heterocycles. The van der Waals surface area contributed by atoms with Crippen molar-refractivity contribution in [2.24, 2.45) is 0 Å². The highest BCUT2D eigenvalue weighted by molar-refractivity contribution is 5.80. The quantitative estimate of drug-likeness (QED) is 0.394. The van der Waals surface area contributed by atoms with Crippen LogP contribution < -0.4 is 0 Å². The van der Waals surface area contributed by atoms with Crippen LogP contribution in [0.15, 0.2) is 12.2 Å². The highest BCUT2D eigenvalue weighted by Crippen LogP contribution is 2.07. The summed E-state index contributed by atoms with van der Waals surface area (Å²) in [5.41, 5.74) is 0. The molecule has 6 nitrogen and oxygen atoms in total. The van der Waals surface area contributed by atoms with Gasteiger partial charge in [0.2, 0.25) is 6.23 Å². The summed E-state index contributed by atoms with van der Waals surface area (Å²) in [5, 5.41) is 0. The van der Waals surface area contributed by atoms with Crippen LogP contribution >= 0.6 is 0 Å². The van der Waals surface area contributed by atoms with Crippen molar-refractivity contribution in [1.29, 1.82) is 0 Å². The van der Waals surface area contributed by atoms with Gasteiger partial charge in [0.25, 0.3) is 0 Å². The largest absolute Gasteiger partial charge is 0.466 e. The van der Waals surface area contributed by atoms with Crippen LogP contribution in [0.1, 0.15) is 19.8 Å². The van der Waals surface area contributed by atoms with E-state index in [1.54, 1.807) is 0 Å². The number of amides is 1. The van der Waals surface area contributed by atoms with Gasteiger partial charge in [0.15, 0.2) is 0 Å². The lowest BCUT2D eigenvalue weighted by atomic mass is 10.3. The Kier molecular flexibility index (Phi) is 8.65. The molecule has 0 aromatic rings. The number of ether oxygens (including phenoxy) is 3. The molecule has 0 rings (SSSR count). The van der Waals surface area contributed by atoms with Gasteiger partial charge >= 0.3 is 12.1 Å². The van der Waals surface area contributed by atoms with Crippen molar-refractivity contribution in [3.05, 3.63) is 12.2 Å². The van der Waals surface area contributed by atoms with Crippen molar-refractivity contribution in [3.8, 4) is 0 Å². The summed E-state index contributed by atoms with van der Waals surface area (Å²) >= 11 is 0. The molecular formula is C12H21NO5. The normalized spacial score (nSPS) is 12.2. The third-order valence-corrected chi connectivity index (χ3v) is 2.26. The van der Waals surface area contributed by atoms with Crippen LogP contribution in [0.25, 0.3) is 0 Å². The van der Waals surface area contributed by atoms with Crippen molar-refractivity contribution in [2.75, 3.05) is 27.9 Å². The molecule has 18 heavy (non-hydrogen) atoms. The fourth-order valence-corrected chi connectivity index (χ4v) is 1.37. The summed E-state index contributed by atoms with van der Waals surface area (Å²) in [6.07, 6.45) is 3.73. The molecule has 0 aliphatic carbocycles. The second kappa shape index (κ2) is 9.47. The molecule has 1 amide bonds. The Morgan fingerprint density at radius 1 is 1.17 bits per heavy atom. The Bertz CT molecular complexity index is 290. The molecule has 0 bridgehead atoms. The third kappa shape index (κ3) is 5.18. The van der Waals surface area contributed by atoms with Gasteiger partial charge in [-0.25, -0.2) is 9.59 Å². The van der Waals surface area contributed by atoms with Gasteiger partial charge in [0.05, 0.1) is 14.2 Å². The number of nitrogens with zero attached hydrogens (tertiary/aromatic N) is 1. The number of hydrogen-bond donors (Lipinski definition) is 0. The molecule has 1 unspecified atom stereocenters. The molecular weight excluding hydrogens is 238 g/mol. The maximum atomic E-state index is 11.6. The highest BCUT2D eigenvalue weighted by Gasteiger charge is 2.30. The van der Waals surface area contributed by atoms with Gasteiger partial charge in [0.1, 0.15) is 0 Å². The van der Waals surface area contributed by atoms with Crippen LogP contribution in [0.5, 0.6) is 0 Å². The fraction of sp³-hybridized carbons (Fsp3) is 0.667. The van der Waals surface area contributed by atoms with Crippen LogP contribution in [0.4, 0.5) is 4.79 Å². The summed E-state index contributed by atoms with van der Waals surface area (Å²) in [5.74, 6) is -0.637. The number of hydrogen-bond acceptors (Lipinski definition) is 5. The Balaban J connectivity index is 4.68. The number of methoxy groups -OCH3 is 3. The van der Waals surface area contributed by atoms with E-state index < -0.39 is 18.3 Å². The van der Waals surface area contributed by atoms with Crippen molar-refractivity contribution >= 4 is 12.1 Å². The standard InChI is InChI=1S/C12H21NO5/c1-5-6-7-8-9-13(12(15)18-4)10(16-2)11(14)17-3/h6-7,10H,5,8-9H2,1-4H3/b7-6+. The van der Waals surface area contributed by atoms with E-state index in [4.69, 9.17) is 4.74 Å². The molecule has 0 saturated carbocycles. The first-order chi connectivity index (χ1) is 8.62. The first kappa shape index (κ1) is 16.4. The van der Waals surface area contributed by atoms with Gasteiger partial charge in [0, 0.05) is 13.7 Å². The predicted octanol–water partition coefficient (Wildman–Crippen LogP) is 1.56.